The molecule has 0 unspecified atom stereocenters. The molecule has 0 atom stereocenters. The van der Waals surface area contributed by atoms with Crippen molar-refractivity contribution in [3.8, 4) is 0 Å². The predicted octanol–water partition coefficient (Wildman–Crippen LogP) is 3.76. The SMILES string of the molecule is COC(=O)c1cc(C(=O)N(C)CC(=O)Nc2ccc(Cl)c(C(F)(F)F)c2)cc([N+](=O)[O-])c1. The first-order valence-corrected chi connectivity index (χ1v) is 9.01. The van der Waals surface area contributed by atoms with Gasteiger partial charge in [-0.05, 0) is 24.3 Å². The zero-order valence-corrected chi connectivity index (χ0v) is 17.3. The molecule has 9 nitrogen and oxygen atoms in total. The van der Waals surface area contributed by atoms with Crippen LogP contribution in [0, 0.1) is 10.1 Å². The van der Waals surface area contributed by atoms with Crippen LogP contribution in [0.4, 0.5) is 24.5 Å². The Hall–Kier alpha value is -3.67. The van der Waals surface area contributed by atoms with Crippen LogP contribution in [-0.4, -0.2) is 48.3 Å². The Morgan fingerprint density at radius 1 is 1.16 bits per heavy atom. The van der Waals surface area contributed by atoms with Gasteiger partial charge < -0.3 is 15.0 Å². The number of rotatable bonds is 6. The van der Waals surface area contributed by atoms with E-state index in [-0.39, 0.29) is 16.8 Å². The number of non-ortho nitro benzene ring substituents is 1. The van der Waals surface area contributed by atoms with Crippen molar-refractivity contribution < 1.29 is 37.2 Å². The fourth-order valence-corrected chi connectivity index (χ4v) is 2.83. The number of nitrogens with zero attached hydrogens (tertiary/aromatic N) is 2. The summed E-state index contributed by atoms with van der Waals surface area (Å²) in [5, 5.41) is 12.8. The van der Waals surface area contributed by atoms with Gasteiger partial charge in [0.25, 0.3) is 11.6 Å². The van der Waals surface area contributed by atoms with Crippen molar-refractivity contribution in [3.63, 3.8) is 0 Å². The molecule has 0 aliphatic carbocycles. The van der Waals surface area contributed by atoms with Crippen molar-refractivity contribution in [1.29, 1.82) is 0 Å². The molecule has 2 aromatic carbocycles. The lowest BCUT2D eigenvalue weighted by atomic mass is 10.1. The molecular formula is C19H15ClF3N3O6. The Balaban J connectivity index is 2.19. The second kappa shape index (κ2) is 9.64. The first kappa shape index (κ1) is 24.6. The second-order valence-electron chi connectivity index (χ2n) is 6.42. The summed E-state index contributed by atoms with van der Waals surface area (Å²) < 4.78 is 43.3. The number of nitro benzene ring substituents is 1. The summed E-state index contributed by atoms with van der Waals surface area (Å²) in [7, 11) is 2.25. The molecule has 2 rings (SSSR count). The molecule has 0 heterocycles. The summed E-state index contributed by atoms with van der Waals surface area (Å²) >= 11 is 5.53. The van der Waals surface area contributed by atoms with Gasteiger partial charge in [-0.25, -0.2) is 4.79 Å². The van der Waals surface area contributed by atoms with E-state index in [0.29, 0.717) is 6.07 Å². The van der Waals surface area contributed by atoms with Crippen molar-refractivity contribution >= 4 is 40.8 Å². The normalized spacial score (nSPS) is 10.9. The number of carbonyl (C=O) groups is 3. The Morgan fingerprint density at radius 3 is 2.34 bits per heavy atom. The molecule has 13 heteroatoms. The van der Waals surface area contributed by atoms with E-state index in [4.69, 9.17) is 11.6 Å². The standard InChI is InChI=1S/C19H15ClF3N3O6/c1-25(9-16(27)24-12-3-4-15(20)14(8-12)19(21,22)23)17(28)10-5-11(18(29)32-2)7-13(6-10)26(30)31/h3-8H,9H2,1-2H3,(H,24,27). The molecule has 0 radical (unpaired) electrons. The average molecular weight is 474 g/mol. The third kappa shape index (κ3) is 5.94. The van der Waals surface area contributed by atoms with Gasteiger partial charge in [-0.3, -0.25) is 19.7 Å². The summed E-state index contributed by atoms with van der Waals surface area (Å²) in [5.74, 6) is -2.60. The molecule has 0 spiro atoms. The number of benzene rings is 2. The Kier molecular flexibility index (Phi) is 7.41. The van der Waals surface area contributed by atoms with E-state index >= 15 is 0 Å². The highest BCUT2D eigenvalue weighted by Gasteiger charge is 2.33. The van der Waals surface area contributed by atoms with Crippen LogP contribution in [0.5, 0.6) is 0 Å². The maximum Gasteiger partial charge on any atom is 0.417 e. The molecule has 32 heavy (non-hydrogen) atoms. The highest BCUT2D eigenvalue weighted by Crippen LogP contribution is 2.36. The number of carbonyl (C=O) groups excluding carboxylic acids is 3. The largest absolute Gasteiger partial charge is 0.465 e. The smallest absolute Gasteiger partial charge is 0.417 e. The highest BCUT2D eigenvalue weighted by molar-refractivity contribution is 6.31. The van der Waals surface area contributed by atoms with Crippen molar-refractivity contribution in [2.75, 3.05) is 26.0 Å². The number of esters is 1. The number of hydrogen-bond acceptors (Lipinski definition) is 6. The van der Waals surface area contributed by atoms with Gasteiger partial charge >= 0.3 is 12.1 Å². The molecule has 0 aliphatic heterocycles. The monoisotopic (exact) mass is 473 g/mol. The number of likely N-dealkylation sites (N-methyl/N-ethyl adjacent to an activating group) is 1. The number of nitro groups is 1. The minimum absolute atomic E-state index is 0.198. The molecule has 2 amide bonds. The van der Waals surface area contributed by atoms with E-state index in [1.54, 1.807) is 0 Å². The van der Waals surface area contributed by atoms with Crippen LogP contribution in [0.3, 0.4) is 0 Å². The highest BCUT2D eigenvalue weighted by atomic mass is 35.5. The molecule has 0 aliphatic rings. The van der Waals surface area contributed by atoms with Gasteiger partial charge in [0.2, 0.25) is 5.91 Å². The van der Waals surface area contributed by atoms with Crippen LogP contribution in [0.1, 0.15) is 26.3 Å². The van der Waals surface area contributed by atoms with Crippen LogP contribution in [0.15, 0.2) is 36.4 Å². The van der Waals surface area contributed by atoms with Gasteiger partial charge in [0, 0.05) is 30.4 Å². The quantitative estimate of drug-likeness (QED) is 0.387. The minimum Gasteiger partial charge on any atom is -0.465 e. The summed E-state index contributed by atoms with van der Waals surface area (Å²) in [6.45, 7) is -0.598. The molecule has 0 saturated heterocycles. The molecule has 170 valence electrons. The number of ether oxygens (including phenoxy) is 1. The van der Waals surface area contributed by atoms with Gasteiger partial charge in [0.05, 0.1) is 34.7 Å². The van der Waals surface area contributed by atoms with Crippen molar-refractivity contribution in [2.24, 2.45) is 0 Å². The van der Waals surface area contributed by atoms with E-state index in [2.05, 4.69) is 10.1 Å². The lowest BCUT2D eigenvalue weighted by Gasteiger charge is -2.18. The topological polar surface area (TPSA) is 119 Å². The summed E-state index contributed by atoms with van der Waals surface area (Å²) in [5.41, 5.74) is -2.40. The van der Waals surface area contributed by atoms with E-state index in [9.17, 15) is 37.7 Å². The van der Waals surface area contributed by atoms with Crippen molar-refractivity contribution in [1.82, 2.24) is 4.90 Å². The number of hydrogen-bond donors (Lipinski definition) is 1. The predicted molar refractivity (Wildman–Crippen MR) is 106 cm³/mol. The fraction of sp³-hybridized carbons (Fsp3) is 0.211. The molecular weight excluding hydrogens is 459 g/mol. The third-order valence-electron chi connectivity index (χ3n) is 4.08. The summed E-state index contributed by atoms with van der Waals surface area (Å²) in [6.07, 6.45) is -4.73. The minimum atomic E-state index is -4.73. The summed E-state index contributed by atoms with van der Waals surface area (Å²) in [6, 6.07) is 5.66. The van der Waals surface area contributed by atoms with Gasteiger partial charge in [0.1, 0.15) is 0 Å². The number of alkyl halides is 3. The van der Waals surface area contributed by atoms with Crippen LogP contribution >= 0.6 is 11.6 Å². The van der Waals surface area contributed by atoms with Crippen LogP contribution in [0.25, 0.3) is 0 Å². The lowest BCUT2D eigenvalue weighted by Crippen LogP contribution is -2.35. The Bertz CT molecular complexity index is 1090. The average Bonchev–Trinajstić information content (AvgIpc) is 2.72. The molecule has 2 aromatic rings. The maximum absolute atomic E-state index is 12.9. The maximum atomic E-state index is 12.9. The number of halogens is 4. The lowest BCUT2D eigenvalue weighted by molar-refractivity contribution is -0.384. The van der Waals surface area contributed by atoms with E-state index in [0.717, 1.165) is 42.3 Å². The number of amides is 2. The zero-order valence-electron chi connectivity index (χ0n) is 16.5. The summed E-state index contributed by atoms with van der Waals surface area (Å²) in [4.78, 5) is 47.7. The van der Waals surface area contributed by atoms with Gasteiger partial charge in [-0.1, -0.05) is 11.6 Å². The fourth-order valence-electron chi connectivity index (χ4n) is 2.60. The van der Waals surface area contributed by atoms with Gasteiger partial charge in [-0.2, -0.15) is 13.2 Å². The molecule has 0 fully saturated rings. The zero-order chi connectivity index (χ0) is 24.2. The van der Waals surface area contributed by atoms with Crippen LogP contribution < -0.4 is 5.32 Å². The van der Waals surface area contributed by atoms with Crippen molar-refractivity contribution in [2.45, 2.75) is 6.18 Å². The number of nitrogens with one attached hydrogen (secondary N) is 1. The molecule has 0 aromatic heterocycles. The molecule has 0 saturated carbocycles. The van der Waals surface area contributed by atoms with E-state index in [1.165, 1.54) is 7.05 Å². The second-order valence-corrected chi connectivity index (χ2v) is 6.83. The number of anilines is 1. The molecule has 1 N–H and O–H groups in total. The Labute approximate surface area is 183 Å². The van der Waals surface area contributed by atoms with Gasteiger partial charge in [-0.15, -0.1) is 0 Å². The first-order chi connectivity index (χ1) is 14.8. The van der Waals surface area contributed by atoms with Gasteiger partial charge in [0.15, 0.2) is 0 Å². The Morgan fingerprint density at radius 2 is 1.78 bits per heavy atom. The number of methoxy groups -OCH3 is 1. The third-order valence-corrected chi connectivity index (χ3v) is 4.41. The van der Waals surface area contributed by atoms with E-state index < -0.39 is 51.7 Å². The first-order valence-electron chi connectivity index (χ1n) is 8.63. The van der Waals surface area contributed by atoms with E-state index in [1.807, 2.05) is 0 Å². The van der Waals surface area contributed by atoms with Crippen LogP contribution in [0.2, 0.25) is 5.02 Å². The van der Waals surface area contributed by atoms with Crippen LogP contribution in [-0.2, 0) is 15.7 Å². The van der Waals surface area contributed by atoms with Crippen molar-refractivity contribution in [3.05, 3.63) is 68.2 Å². The molecule has 0 bridgehead atoms.